The molecule has 1 atom stereocenters. The molecule has 0 spiro atoms. The number of aromatic nitrogens is 2. The average Bonchev–Trinajstić information content (AvgIpc) is 3.18. The van der Waals surface area contributed by atoms with Crippen LogP contribution in [0.25, 0.3) is 11.0 Å². The van der Waals surface area contributed by atoms with Crippen molar-refractivity contribution in [2.24, 2.45) is 0 Å². The van der Waals surface area contributed by atoms with E-state index in [4.69, 9.17) is 22.3 Å². The van der Waals surface area contributed by atoms with Gasteiger partial charge in [0.25, 0.3) is 0 Å². The Morgan fingerprint density at radius 2 is 1.89 bits per heavy atom. The molecule has 8 nitrogen and oxygen atoms in total. The number of ether oxygens (including phenoxy) is 2. The van der Waals surface area contributed by atoms with Crippen molar-refractivity contribution in [1.82, 2.24) is 15.6 Å². The number of nitrogens with one attached hydrogen (secondary N) is 1. The van der Waals surface area contributed by atoms with Crippen molar-refractivity contribution in [3.63, 3.8) is 0 Å². The zero-order valence-corrected chi connectivity index (χ0v) is 14.8. The van der Waals surface area contributed by atoms with Crippen molar-refractivity contribution in [3.8, 4) is 0 Å². The molecule has 1 aromatic carbocycles. The topological polar surface area (TPSA) is 104 Å². The van der Waals surface area contributed by atoms with Crippen LogP contribution in [-0.4, -0.2) is 35.5 Å². The minimum Gasteiger partial charge on any atom is -0.466 e. The lowest BCUT2D eigenvalue weighted by Crippen LogP contribution is -2.33. The van der Waals surface area contributed by atoms with Crippen LogP contribution in [0.5, 0.6) is 0 Å². The van der Waals surface area contributed by atoms with Crippen molar-refractivity contribution in [3.05, 3.63) is 46.3 Å². The average molecular weight is 377 g/mol. The Kier molecular flexibility index (Phi) is 3.28. The van der Waals surface area contributed by atoms with Crippen LogP contribution in [0, 0.1) is 0 Å². The molecule has 2 aromatic rings. The molecule has 0 amide bonds. The molecule has 1 aliphatic rings. The molecule has 142 valence electrons. The number of nitrogens with zero attached hydrogens (tertiary/aromatic N) is 2. The van der Waals surface area contributed by atoms with E-state index in [1.165, 1.54) is 14.0 Å². The van der Waals surface area contributed by atoms with E-state index in [2.05, 4.69) is 15.6 Å². The Labute approximate surface area is 164 Å². The number of hydrogen-bond acceptors (Lipinski definition) is 8. The van der Waals surface area contributed by atoms with Crippen LogP contribution >= 0.6 is 0 Å². The number of carbonyl (C=O) groups is 2. The molecule has 3 rings (SSSR count). The second-order valence-corrected chi connectivity index (χ2v) is 5.89. The lowest BCUT2D eigenvalue weighted by Gasteiger charge is -2.30. The van der Waals surface area contributed by atoms with E-state index in [0.29, 0.717) is 16.8 Å². The van der Waals surface area contributed by atoms with Gasteiger partial charge < -0.3 is 14.8 Å². The molecule has 0 bridgehead atoms. The van der Waals surface area contributed by atoms with Crippen LogP contribution in [0.15, 0.2) is 45.4 Å². The second kappa shape index (κ2) is 7.22. The molecule has 1 aromatic heterocycles. The zero-order chi connectivity index (χ0) is 24.7. The molecule has 1 N–H and O–H groups in total. The van der Waals surface area contributed by atoms with Gasteiger partial charge in [-0.05, 0) is 49.5 Å². The van der Waals surface area contributed by atoms with Gasteiger partial charge in [0.2, 0.25) is 0 Å². The maximum atomic E-state index is 13.3. The van der Waals surface area contributed by atoms with Gasteiger partial charge in [-0.3, -0.25) is 0 Å². The third kappa shape index (κ3) is 3.30. The first-order valence-electron chi connectivity index (χ1n) is 11.0. The second-order valence-electron chi connectivity index (χ2n) is 5.89. The minimum absolute atomic E-state index is 0.0323. The molecule has 27 heavy (non-hydrogen) atoms. The lowest BCUT2D eigenvalue weighted by atomic mass is 9.80. The number of rotatable bonds is 4. The molecule has 0 aliphatic carbocycles. The highest BCUT2D eigenvalue weighted by molar-refractivity contribution is 6.01. The largest absolute Gasteiger partial charge is 0.466 e. The van der Waals surface area contributed by atoms with E-state index in [-0.39, 0.29) is 22.4 Å². The van der Waals surface area contributed by atoms with Crippen molar-refractivity contribution in [2.75, 3.05) is 7.11 Å². The highest BCUT2D eigenvalue weighted by atomic mass is 16.6. The SMILES string of the molecule is [2H]C([2H])([2H])C(OC(=O)C1=C(C)NC(C)=C(C(=O)OC)C1c1cccc2nonc12)C([2H])([2H])[2H]. The molecule has 1 unspecified atom stereocenters. The monoisotopic (exact) mass is 377 g/mol. The van der Waals surface area contributed by atoms with Gasteiger partial charge in [0, 0.05) is 19.6 Å². The van der Waals surface area contributed by atoms with Gasteiger partial charge in [0.1, 0.15) is 11.0 Å². The first-order valence-corrected chi connectivity index (χ1v) is 7.96. The number of carbonyl (C=O) groups excluding carboxylic acids is 2. The summed E-state index contributed by atoms with van der Waals surface area (Å²) in [5.74, 6) is -3.11. The van der Waals surface area contributed by atoms with E-state index >= 15 is 0 Å². The number of benzene rings is 1. The van der Waals surface area contributed by atoms with E-state index in [1.807, 2.05) is 0 Å². The number of dihydropyridines is 1. The Hall–Kier alpha value is -3.16. The number of allylic oxidation sites excluding steroid dienone is 2. The summed E-state index contributed by atoms with van der Waals surface area (Å²) in [6, 6.07) is 4.81. The number of methoxy groups -OCH3 is 1. The molecular formula is C19H21N3O5. The van der Waals surface area contributed by atoms with E-state index < -0.39 is 37.7 Å². The molecule has 0 fully saturated rings. The fourth-order valence-electron chi connectivity index (χ4n) is 3.19. The minimum atomic E-state index is -3.11. The van der Waals surface area contributed by atoms with Crippen molar-refractivity contribution in [1.29, 1.82) is 0 Å². The summed E-state index contributed by atoms with van der Waals surface area (Å²) >= 11 is 0. The molecular weight excluding hydrogens is 350 g/mol. The molecule has 2 heterocycles. The molecule has 8 heteroatoms. The highest BCUT2D eigenvalue weighted by Gasteiger charge is 2.39. The standard InChI is InChI=1S/C19H21N3O5/c1-9(2)26-19(24)15-11(4)20-10(3)14(18(23)25-5)16(15)12-7-6-8-13-17(12)22-27-21-13/h6-9,16,20H,1-5H3/i1D3,2D3. The van der Waals surface area contributed by atoms with Crippen LogP contribution in [-0.2, 0) is 19.1 Å². The summed E-state index contributed by atoms with van der Waals surface area (Å²) in [6.07, 6.45) is -2.38. The van der Waals surface area contributed by atoms with Gasteiger partial charge in [0.05, 0.1) is 30.3 Å². The van der Waals surface area contributed by atoms with Gasteiger partial charge in [-0.2, -0.15) is 0 Å². The summed E-state index contributed by atoms with van der Waals surface area (Å²) in [6.45, 7) is -3.11. The van der Waals surface area contributed by atoms with Crippen LogP contribution < -0.4 is 5.32 Å². The number of hydrogen-bond donors (Lipinski definition) is 1. The molecule has 0 radical (unpaired) electrons. The predicted molar refractivity (Wildman–Crippen MR) is 96.3 cm³/mol. The zero-order valence-electron chi connectivity index (χ0n) is 20.8. The summed E-state index contributed by atoms with van der Waals surface area (Å²) < 4.78 is 59.9. The van der Waals surface area contributed by atoms with Gasteiger partial charge in [-0.25, -0.2) is 14.2 Å². The summed E-state index contributed by atoms with van der Waals surface area (Å²) in [4.78, 5) is 26.0. The normalized spacial score (nSPS) is 21.6. The quantitative estimate of drug-likeness (QED) is 0.811. The fourth-order valence-corrected chi connectivity index (χ4v) is 3.19. The Morgan fingerprint density at radius 1 is 1.19 bits per heavy atom. The number of fused-ring (bicyclic) bond motifs is 1. The Morgan fingerprint density at radius 3 is 2.56 bits per heavy atom. The predicted octanol–water partition coefficient (Wildman–Crippen LogP) is 2.58. The van der Waals surface area contributed by atoms with Crippen LogP contribution in [0.3, 0.4) is 0 Å². The van der Waals surface area contributed by atoms with Crippen molar-refractivity contribution in [2.45, 2.75) is 39.6 Å². The fraction of sp³-hybridized carbons (Fsp3) is 0.368. The van der Waals surface area contributed by atoms with E-state index in [9.17, 15) is 9.59 Å². The first-order chi connectivity index (χ1) is 15.3. The van der Waals surface area contributed by atoms with Crippen molar-refractivity contribution < 1.29 is 31.9 Å². The van der Waals surface area contributed by atoms with Gasteiger partial charge in [-0.15, -0.1) is 0 Å². The van der Waals surface area contributed by atoms with Gasteiger partial charge in [-0.1, -0.05) is 12.1 Å². The third-order valence-corrected chi connectivity index (χ3v) is 4.24. The van der Waals surface area contributed by atoms with Crippen LogP contribution in [0.4, 0.5) is 0 Å². The Balaban J connectivity index is 2.20. The van der Waals surface area contributed by atoms with Gasteiger partial charge in [0.15, 0.2) is 0 Å². The first kappa shape index (κ1) is 12.3. The molecule has 0 saturated carbocycles. The maximum Gasteiger partial charge on any atom is 0.337 e. The summed E-state index contributed by atoms with van der Waals surface area (Å²) in [5, 5.41) is 10.5. The summed E-state index contributed by atoms with van der Waals surface area (Å²) in [7, 11) is 1.17. The van der Waals surface area contributed by atoms with E-state index in [1.54, 1.807) is 25.1 Å². The smallest absolute Gasteiger partial charge is 0.337 e. The van der Waals surface area contributed by atoms with Crippen LogP contribution in [0.1, 0.15) is 47.3 Å². The third-order valence-electron chi connectivity index (χ3n) is 4.24. The highest BCUT2D eigenvalue weighted by Crippen LogP contribution is 2.41. The van der Waals surface area contributed by atoms with Crippen LogP contribution in [0.2, 0.25) is 0 Å². The molecule has 0 saturated heterocycles. The van der Waals surface area contributed by atoms with Gasteiger partial charge >= 0.3 is 11.9 Å². The summed E-state index contributed by atoms with van der Waals surface area (Å²) in [5.41, 5.74) is 1.40. The van der Waals surface area contributed by atoms with Crippen molar-refractivity contribution >= 4 is 23.0 Å². The Bertz CT molecular complexity index is 1150. The molecule has 1 aliphatic heterocycles. The maximum absolute atomic E-state index is 13.3. The lowest BCUT2D eigenvalue weighted by molar-refractivity contribution is -0.143. The number of esters is 2. The van der Waals surface area contributed by atoms with E-state index in [0.717, 1.165) is 0 Å².